The van der Waals surface area contributed by atoms with Crippen molar-refractivity contribution in [1.82, 2.24) is 5.32 Å². The quantitative estimate of drug-likeness (QED) is 0.566. The number of hydrogen-bond donors (Lipinski definition) is 2. The van der Waals surface area contributed by atoms with E-state index in [0.717, 1.165) is 11.1 Å². The van der Waals surface area contributed by atoms with Gasteiger partial charge in [-0.15, -0.1) is 0 Å². The summed E-state index contributed by atoms with van der Waals surface area (Å²) in [6.07, 6.45) is -2.46. The molecule has 0 saturated carbocycles. The number of carbonyl (C=O) groups is 1. The molecule has 4 nitrogen and oxygen atoms in total. The van der Waals surface area contributed by atoms with E-state index in [1.165, 1.54) is 0 Å². The van der Waals surface area contributed by atoms with Crippen molar-refractivity contribution in [1.29, 1.82) is 0 Å². The van der Waals surface area contributed by atoms with Gasteiger partial charge in [0.05, 0.1) is 6.61 Å². The summed E-state index contributed by atoms with van der Waals surface area (Å²) in [5.41, 5.74) is 7.12. The molecule has 1 aromatic carbocycles. The minimum absolute atomic E-state index is 0.0173. The van der Waals surface area contributed by atoms with E-state index < -0.39 is 13.0 Å². The van der Waals surface area contributed by atoms with E-state index >= 15 is 0 Å². The molecule has 0 spiro atoms. The molecule has 0 aliphatic carbocycles. The highest BCUT2D eigenvalue weighted by molar-refractivity contribution is 7.80. The molecule has 0 aliphatic heterocycles. The van der Waals surface area contributed by atoms with Gasteiger partial charge in [-0.1, -0.05) is 36.5 Å². The normalized spacial score (nSPS) is 10.6. The van der Waals surface area contributed by atoms with Gasteiger partial charge in [-0.25, -0.2) is 8.78 Å². The fraction of sp³-hybridized carbons (Fsp3) is 0.385. The zero-order valence-corrected chi connectivity index (χ0v) is 11.6. The lowest BCUT2D eigenvalue weighted by Gasteiger charge is -2.07. The van der Waals surface area contributed by atoms with Crippen molar-refractivity contribution in [3.05, 3.63) is 35.4 Å². The standard InChI is InChI=1S/C13H16F2N2O2S/c14-11(15)8-19-6-5-12(18)17-7-9-1-3-10(4-2-9)13(16)20/h1-4,11H,5-8H2,(H2,16,20)(H,17,18). The lowest BCUT2D eigenvalue weighted by molar-refractivity contribution is -0.122. The van der Waals surface area contributed by atoms with Crippen LogP contribution in [0.5, 0.6) is 0 Å². The molecule has 20 heavy (non-hydrogen) atoms. The zero-order chi connectivity index (χ0) is 15.0. The summed E-state index contributed by atoms with van der Waals surface area (Å²) in [4.78, 5) is 11.7. The minimum Gasteiger partial charge on any atom is -0.389 e. The third-order valence-electron chi connectivity index (χ3n) is 2.45. The first-order chi connectivity index (χ1) is 9.49. The van der Waals surface area contributed by atoms with Gasteiger partial charge in [0.2, 0.25) is 5.91 Å². The van der Waals surface area contributed by atoms with E-state index in [-0.39, 0.29) is 18.9 Å². The first kappa shape index (κ1) is 16.5. The number of amides is 1. The topological polar surface area (TPSA) is 64.3 Å². The number of alkyl halides is 2. The predicted octanol–water partition coefficient (Wildman–Crippen LogP) is 1.61. The average molecular weight is 302 g/mol. The van der Waals surface area contributed by atoms with Crippen molar-refractivity contribution >= 4 is 23.1 Å². The van der Waals surface area contributed by atoms with Crippen LogP contribution in [0.3, 0.4) is 0 Å². The second-order valence-corrected chi connectivity index (χ2v) is 4.49. The fourth-order valence-electron chi connectivity index (χ4n) is 1.41. The third-order valence-corrected chi connectivity index (χ3v) is 2.68. The first-order valence-corrected chi connectivity index (χ1v) is 6.41. The average Bonchev–Trinajstić information content (AvgIpc) is 2.41. The van der Waals surface area contributed by atoms with Crippen molar-refractivity contribution < 1.29 is 18.3 Å². The Bertz CT molecular complexity index is 452. The minimum atomic E-state index is -2.51. The Balaban J connectivity index is 2.25. The monoisotopic (exact) mass is 302 g/mol. The molecule has 7 heteroatoms. The van der Waals surface area contributed by atoms with Gasteiger partial charge in [0.1, 0.15) is 11.6 Å². The summed E-state index contributed by atoms with van der Waals surface area (Å²) in [5.74, 6) is -0.252. The number of nitrogens with one attached hydrogen (secondary N) is 1. The Morgan fingerprint density at radius 2 is 2.00 bits per heavy atom. The molecule has 0 atom stereocenters. The van der Waals surface area contributed by atoms with Gasteiger partial charge in [0.25, 0.3) is 6.43 Å². The second kappa shape index (κ2) is 8.55. The SMILES string of the molecule is NC(=S)c1ccc(CNC(=O)CCOCC(F)F)cc1. The molecule has 0 bridgehead atoms. The third kappa shape index (κ3) is 6.53. The molecule has 0 fully saturated rings. The van der Waals surface area contributed by atoms with Gasteiger partial charge in [0.15, 0.2) is 0 Å². The molecule has 0 aromatic heterocycles. The van der Waals surface area contributed by atoms with Gasteiger partial charge in [-0.05, 0) is 5.56 Å². The molecular weight excluding hydrogens is 286 g/mol. The highest BCUT2D eigenvalue weighted by Gasteiger charge is 2.05. The number of ether oxygens (including phenoxy) is 1. The van der Waals surface area contributed by atoms with Crippen LogP contribution in [0.25, 0.3) is 0 Å². The number of carbonyl (C=O) groups excluding carboxylic acids is 1. The van der Waals surface area contributed by atoms with Crippen molar-refractivity contribution in [3.63, 3.8) is 0 Å². The molecule has 110 valence electrons. The zero-order valence-electron chi connectivity index (χ0n) is 10.8. The predicted molar refractivity (Wildman–Crippen MR) is 75.6 cm³/mol. The number of benzene rings is 1. The maximum absolute atomic E-state index is 11.8. The molecule has 1 rings (SSSR count). The van der Waals surface area contributed by atoms with Gasteiger partial charge in [-0.3, -0.25) is 4.79 Å². The van der Waals surface area contributed by atoms with Crippen molar-refractivity contribution in [2.75, 3.05) is 13.2 Å². The Morgan fingerprint density at radius 3 is 2.55 bits per heavy atom. The molecule has 3 N–H and O–H groups in total. The van der Waals surface area contributed by atoms with Crippen LogP contribution in [0.15, 0.2) is 24.3 Å². The fourth-order valence-corrected chi connectivity index (χ4v) is 1.55. The van der Waals surface area contributed by atoms with Crippen LogP contribution in [-0.4, -0.2) is 30.5 Å². The van der Waals surface area contributed by atoms with E-state index in [1.54, 1.807) is 12.1 Å². The van der Waals surface area contributed by atoms with Crippen molar-refractivity contribution in [3.8, 4) is 0 Å². The van der Waals surface area contributed by atoms with Crippen LogP contribution in [0.4, 0.5) is 8.78 Å². The van der Waals surface area contributed by atoms with E-state index in [1.807, 2.05) is 12.1 Å². The smallest absolute Gasteiger partial charge is 0.261 e. The summed E-state index contributed by atoms with van der Waals surface area (Å²) in [5, 5.41) is 2.67. The summed E-state index contributed by atoms with van der Waals surface area (Å²) < 4.78 is 28.2. The number of hydrogen-bond acceptors (Lipinski definition) is 3. The van der Waals surface area contributed by atoms with Gasteiger partial charge >= 0.3 is 0 Å². The summed E-state index contributed by atoms with van der Waals surface area (Å²) in [6, 6.07) is 7.16. The number of halogens is 2. The van der Waals surface area contributed by atoms with Gasteiger partial charge in [-0.2, -0.15) is 0 Å². The van der Waals surface area contributed by atoms with Crippen LogP contribution in [0.2, 0.25) is 0 Å². The van der Waals surface area contributed by atoms with Gasteiger partial charge < -0.3 is 15.8 Å². The van der Waals surface area contributed by atoms with Crippen molar-refractivity contribution in [2.45, 2.75) is 19.4 Å². The Hall–Kier alpha value is -1.60. The van der Waals surface area contributed by atoms with E-state index in [0.29, 0.717) is 11.5 Å². The number of nitrogens with two attached hydrogens (primary N) is 1. The van der Waals surface area contributed by atoms with E-state index in [2.05, 4.69) is 10.1 Å². The lowest BCUT2D eigenvalue weighted by Crippen LogP contribution is -2.24. The second-order valence-electron chi connectivity index (χ2n) is 4.05. The molecule has 0 heterocycles. The molecule has 0 unspecified atom stereocenters. The molecular formula is C13H16F2N2O2S. The first-order valence-electron chi connectivity index (χ1n) is 6.00. The molecule has 0 aliphatic rings. The summed E-state index contributed by atoms with van der Waals surface area (Å²) in [7, 11) is 0. The number of thiocarbonyl (C=S) groups is 1. The molecule has 1 aromatic rings. The maximum atomic E-state index is 11.8. The number of rotatable bonds is 8. The Kier molecular flexibility index (Phi) is 7.03. The van der Waals surface area contributed by atoms with Crippen LogP contribution in [-0.2, 0) is 16.1 Å². The largest absolute Gasteiger partial charge is 0.389 e. The Morgan fingerprint density at radius 1 is 1.35 bits per heavy atom. The molecule has 0 radical (unpaired) electrons. The van der Waals surface area contributed by atoms with Crippen LogP contribution >= 0.6 is 12.2 Å². The maximum Gasteiger partial charge on any atom is 0.261 e. The highest BCUT2D eigenvalue weighted by atomic mass is 32.1. The van der Waals surface area contributed by atoms with Crippen LogP contribution in [0.1, 0.15) is 17.5 Å². The van der Waals surface area contributed by atoms with E-state index in [4.69, 9.17) is 18.0 Å². The van der Waals surface area contributed by atoms with Crippen LogP contribution in [0, 0.1) is 0 Å². The summed E-state index contributed by atoms with van der Waals surface area (Å²) >= 11 is 4.83. The lowest BCUT2D eigenvalue weighted by atomic mass is 10.1. The molecule has 0 saturated heterocycles. The molecule has 1 amide bonds. The van der Waals surface area contributed by atoms with Gasteiger partial charge in [0, 0.05) is 18.5 Å². The van der Waals surface area contributed by atoms with Crippen LogP contribution < -0.4 is 11.1 Å². The van der Waals surface area contributed by atoms with E-state index in [9.17, 15) is 13.6 Å². The summed E-state index contributed by atoms with van der Waals surface area (Å²) in [6.45, 7) is -0.310. The Labute approximate surface area is 121 Å². The van der Waals surface area contributed by atoms with Crippen molar-refractivity contribution in [2.24, 2.45) is 5.73 Å². The highest BCUT2D eigenvalue weighted by Crippen LogP contribution is 2.04.